The largest absolute Gasteiger partial charge is 0.368 e. The van der Waals surface area contributed by atoms with Crippen molar-refractivity contribution in [2.24, 2.45) is 11.5 Å². The van der Waals surface area contributed by atoms with Crippen LogP contribution in [0.3, 0.4) is 0 Å². The molecular weight excluding hydrogens is 415 g/mol. The van der Waals surface area contributed by atoms with Crippen LogP contribution in [0.15, 0.2) is 35.4 Å². The Bertz CT molecular complexity index is 1050. The lowest BCUT2D eigenvalue weighted by atomic mass is 9.99. The number of hydrogen-bond donors (Lipinski definition) is 2. The van der Waals surface area contributed by atoms with Gasteiger partial charge in [0.05, 0.1) is 17.7 Å². The number of hydrogen-bond acceptors (Lipinski definition) is 7. The Labute approximate surface area is 184 Å². The lowest BCUT2D eigenvalue weighted by molar-refractivity contribution is -0.117. The monoisotopic (exact) mass is 438 g/mol. The molecule has 7 nitrogen and oxygen atoms in total. The number of alkyl halides is 1. The maximum absolute atomic E-state index is 14.3. The number of nitrogens with two attached hydrogens (primary N) is 2. The number of piperidine rings is 1. The number of nitrogens with zero attached hydrogens (tertiary/aromatic N) is 4. The van der Waals surface area contributed by atoms with Gasteiger partial charge in [0.15, 0.2) is 0 Å². The number of benzene rings is 1. The van der Waals surface area contributed by atoms with Crippen LogP contribution in [-0.2, 0) is 11.2 Å². The minimum absolute atomic E-state index is 0.0138. The molecule has 0 spiro atoms. The molecule has 3 rings (SSSR count). The third kappa shape index (κ3) is 4.63. The summed E-state index contributed by atoms with van der Waals surface area (Å²) in [5.41, 5.74) is 13.1. The number of rotatable bonds is 6. The first kappa shape index (κ1) is 22.5. The first-order valence-corrected chi connectivity index (χ1v) is 10.8. The molecular formula is C22H23FN6OS. The molecule has 0 saturated carbocycles. The second-order valence-electron chi connectivity index (χ2n) is 7.27. The fourth-order valence-corrected chi connectivity index (χ4v) is 4.70. The van der Waals surface area contributed by atoms with Gasteiger partial charge in [-0.25, -0.2) is 9.37 Å². The van der Waals surface area contributed by atoms with Crippen molar-refractivity contribution in [2.45, 2.75) is 42.3 Å². The summed E-state index contributed by atoms with van der Waals surface area (Å²) in [5.74, 6) is -0.259. The van der Waals surface area contributed by atoms with Crippen molar-refractivity contribution in [1.82, 2.24) is 4.98 Å². The zero-order chi connectivity index (χ0) is 22.5. The van der Waals surface area contributed by atoms with Gasteiger partial charge in [0.1, 0.15) is 34.4 Å². The van der Waals surface area contributed by atoms with E-state index in [9.17, 15) is 19.7 Å². The highest BCUT2D eigenvalue weighted by atomic mass is 32.2. The maximum Gasteiger partial charge on any atom is 0.235 e. The number of primary amides is 1. The topological polar surface area (TPSA) is 133 Å². The van der Waals surface area contributed by atoms with Crippen LogP contribution in [0.2, 0.25) is 0 Å². The molecule has 1 aromatic heterocycles. The molecule has 1 fully saturated rings. The van der Waals surface area contributed by atoms with Crippen molar-refractivity contribution >= 4 is 23.5 Å². The number of aromatic nitrogens is 1. The van der Waals surface area contributed by atoms with Crippen molar-refractivity contribution in [2.75, 3.05) is 18.0 Å². The highest BCUT2D eigenvalue weighted by molar-refractivity contribution is 8.00. The fraction of sp³-hybridized carbons (Fsp3) is 0.364. The van der Waals surface area contributed by atoms with E-state index in [1.165, 1.54) is 0 Å². The predicted octanol–water partition coefficient (Wildman–Crippen LogP) is 2.58. The number of thioether (sulfide) groups is 1. The number of amides is 1. The summed E-state index contributed by atoms with van der Waals surface area (Å²) in [6.45, 7) is 2.29. The highest BCUT2D eigenvalue weighted by Gasteiger charge is 2.31. The summed E-state index contributed by atoms with van der Waals surface area (Å²) in [6, 6.07) is 12.7. The van der Waals surface area contributed by atoms with E-state index in [2.05, 4.69) is 17.1 Å². The highest BCUT2D eigenvalue weighted by Crippen LogP contribution is 2.39. The number of carbonyl (C=O) groups excluding carboxylic acids is 1. The molecule has 1 saturated heterocycles. The van der Waals surface area contributed by atoms with Gasteiger partial charge in [0.25, 0.3) is 0 Å². The van der Waals surface area contributed by atoms with Gasteiger partial charge in [-0.2, -0.15) is 10.5 Å². The maximum atomic E-state index is 14.3. The molecule has 0 aliphatic carbocycles. The smallest absolute Gasteiger partial charge is 0.235 e. The van der Waals surface area contributed by atoms with Crippen LogP contribution in [0.4, 0.5) is 10.2 Å². The van der Waals surface area contributed by atoms with Gasteiger partial charge in [-0.1, -0.05) is 49.0 Å². The Hall–Kier alpha value is -3.14. The lowest BCUT2D eigenvalue weighted by Gasteiger charge is -2.34. The van der Waals surface area contributed by atoms with Crippen molar-refractivity contribution in [3.63, 3.8) is 0 Å². The molecule has 0 radical (unpaired) electrons. The molecule has 0 unspecified atom stereocenters. The van der Waals surface area contributed by atoms with Crippen molar-refractivity contribution in [3.05, 3.63) is 52.6 Å². The van der Waals surface area contributed by atoms with Gasteiger partial charge < -0.3 is 16.4 Å². The van der Waals surface area contributed by atoms with E-state index >= 15 is 0 Å². The van der Waals surface area contributed by atoms with Gasteiger partial charge in [0.2, 0.25) is 5.91 Å². The molecule has 2 heterocycles. The first-order valence-electron chi connectivity index (χ1n) is 9.93. The summed E-state index contributed by atoms with van der Waals surface area (Å²) in [4.78, 5) is 18.5. The van der Waals surface area contributed by atoms with Crippen molar-refractivity contribution in [1.29, 1.82) is 10.5 Å². The molecule has 3 atom stereocenters. The zero-order valence-electron chi connectivity index (χ0n) is 17.1. The van der Waals surface area contributed by atoms with Crippen molar-refractivity contribution in [3.8, 4) is 12.1 Å². The molecule has 2 aromatic rings. The minimum Gasteiger partial charge on any atom is -0.368 e. The van der Waals surface area contributed by atoms with E-state index in [4.69, 9.17) is 11.5 Å². The van der Waals surface area contributed by atoms with E-state index in [1.54, 1.807) is 29.2 Å². The molecule has 9 heteroatoms. The quantitative estimate of drug-likeness (QED) is 0.662. The molecule has 1 aliphatic heterocycles. The van der Waals surface area contributed by atoms with E-state index in [0.29, 0.717) is 41.4 Å². The Morgan fingerprint density at radius 1 is 1.32 bits per heavy atom. The zero-order valence-corrected chi connectivity index (χ0v) is 17.9. The van der Waals surface area contributed by atoms with E-state index < -0.39 is 23.4 Å². The van der Waals surface area contributed by atoms with Crippen LogP contribution in [0.25, 0.3) is 0 Å². The number of halogens is 1. The van der Waals surface area contributed by atoms with Gasteiger partial charge >= 0.3 is 0 Å². The van der Waals surface area contributed by atoms with Crippen molar-refractivity contribution < 1.29 is 9.18 Å². The van der Waals surface area contributed by atoms with Crippen LogP contribution < -0.4 is 16.4 Å². The van der Waals surface area contributed by atoms with Crippen LogP contribution >= 0.6 is 11.8 Å². The molecule has 160 valence electrons. The third-order valence-electron chi connectivity index (χ3n) is 5.31. The summed E-state index contributed by atoms with van der Waals surface area (Å²) >= 11 is 1.07. The molecule has 1 aliphatic rings. The predicted molar refractivity (Wildman–Crippen MR) is 117 cm³/mol. The molecule has 31 heavy (non-hydrogen) atoms. The molecule has 4 N–H and O–H groups in total. The van der Waals surface area contributed by atoms with Crippen LogP contribution in [-0.4, -0.2) is 36.2 Å². The average Bonchev–Trinajstić information content (AvgIpc) is 2.78. The van der Waals surface area contributed by atoms with Crippen LogP contribution in [0, 0.1) is 22.7 Å². The molecule has 1 amide bonds. The second-order valence-corrected chi connectivity index (χ2v) is 8.37. The third-order valence-corrected chi connectivity index (χ3v) is 6.57. The summed E-state index contributed by atoms with van der Waals surface area (Å²) in [5, 5.41) is 19.2. The fourth-order valence-electron chi connectivity index (χ4n) is 3.64. The summed E-state index contributed by atoms with van der Waals surface area (Å²) in [6.07, 6.45) is -0.416. The van der Waals surface area contributed by atoms with Gasteiger partial charge in [0, 0.05) is 12.6 Å². The Kier molecular flexibility index (Phi) is 7.11. The molecule has 1 aromatic carbocycles. The minimum atomic E-state index is -1.25. The summed E-state index contributed by atoms with van der Waals surface area (Å²) < 4.78 is 14.3. The second kappa shape index (κ2) is 9.78. The number of carbonyl (C=O) groups is 1. The number of anilines is 1. The standard InChI is InChI=1S/C22H23FN6OS/c1-2-14-15(10-24)21(29-9-8-18(26)17(23)12-29)28-22(16(14)11-25)31-19(20(27)30)13-6-4-3-5-7-13/h3-7,17-19H,2,8-9,12,26H2,1H3,(H2,27,30)/t17-,18-,19+/m0/s1. The van der Waals surface area contributed by atoms with Gasteiger partial charge in [-0.05, 0) is 24.0 Å². The SMILES string of the molecule is CCc1c(C#N)c(S[C@@H](C(N)=O)c2ccccc2)nc(N2CC[C@H](N)[C@@H](F)C2)c1C#N. The lowest BCUT2D eigenvalue weighted by Crippen LogP contribution is -2.49. The van der Waals surface area contributed by atoms with Gasteiger partial charge in [-0.15, -0.1) is 0 Å². The average molecular weight is 439 g/mol. The van der Waals surface area contributed by atoms with E-state index in [-0.39, 0.29) is 17.7 Å². The Morgan fingerprint density at radius 3 is 2.55 bits per heavy atom. The van der Waals surface area contributed by atoms with E-state index in [0.717, 1.165) is 11.8 Å². The molecule has 0 bridgehead atoms. The first-order chi connectivity index (χ1) is 14.9. The van der Waals surface area contributed by atoms with Crippen LogP contribution in [0.1, 0.15) is 40.8 Å². The summed E-state index contributed by atoms with van der Waals surface area (Å²) in [7, 11) is 0. The number of nitriles is 2. The Balaban J connectivity index is 2.12. The van der Waals surface area contributed by atoms with Crippen LogP contribution in [0.5, 0.6) is 0 Å². The number of pyridine rings is 1. The Morgan fingerprint density at radius 2 is 2.00 bits per heavy atom. The normalized spacial score (nSPS) is 19.3. The van der Waals surface area contributed by atoms with E-state index in [1.807, 2.05) is 13.0 Å². The van der Waals surface area contributed by atoms with Gasteiger partial charge in [-0.3, -0.25) is 4.79 Å².